The fourth-order valence-corrected chi connectivity index (χ4v) is 3.39. The second-order valence-electron chi connectivity index (χ2n) is 10.8. The molecule has 206 valence electrons. The monoisotopic (exact) mass is 520 g/mol. The molecule has 9 nitrogen and oxygen atoms in total. The Morgan fingerprint density at radius 2 is 1.54 bits per heavy atom. The number of hydrogen-bond donors (Lipinski definition) is 0. The molecule has 1 heterocycles. The quantitative estimate of drug-likeness (QED) is 0.271. The highest BCUT2D eigenvalue weighted by Crippen LogP contribution is 2.33. The minimum absolute atomic E-state index is 0.154. The Morgan fingerprint density at radius 1 is 0.919 bits per heavy atom. The van der Waals surface area contributed by atoms with E-state index >= 15 is 0 Å². The van der Waals surface area contributed by atoms with E-state index in [1.807, 2.05) is 30.3 Å². The van der Waals surface area contributed by atoms with Crippen LogP contribution in [0.2, 0.25) is 0 Å². The van der Waals surface area contributed by atoms with Gasteiger partial charge in [0.25, 0.3) is 0 Å². The predicted octanol–water partition coefficient (Wildman–Crippen LogP) is 3.98. The molecule has 1 aromatic carbocycles. The Balaban J connectivity index is 2.49. The fraction of sp³-hybridized carbons (Fsp3) is 0.607. The van der Waals surface area contributed by atoms with Crippen molar-refractivity contribution in [1.82, 2.24) is 0 Å². The van der Waals surface area contributed by atoms with Gasteiger partial charge in [0.2, 0.25) is 0 Å². The molecular formula is C28H40O9. The number of carbonyl (C=O) groups is 3. The maximum atomic E-state index is 12.9. The van der Waals surface area contributed by atoms with E-state index in [1.165, 1.54) is 13.2 Å². The largest absolute Gasteiger partial charge is 0.463 e. The highest BCUT2D eigenvalue weighted by Gasteiger charge is 2.47. The zero-order valence-electron chi connectivity index (χ0n) is 23.1. The first kappa shape index (κ1) is 30.5. The smallest absolute Gasteiger partial charge is 0.330 e. The van der Waals surface area contributed by atoms with Gasteiger partial charge in [-0.25, -0.2) is 4.79 Å². The van der Waals surface area contributed by atoms with Gasteiger partial charge >= 0.3 is 17.9 Å². The number of esters is 3. The van der Waals surface area contributed by atoms with Crippen molar-refractivity contribution in [3.63, 3.8) is 0 Å². The molecule has 1 saturated heterocycles. The molecule has 0 spiro atoms. The lowest BCUT2D eigenvalue weighted by Crippen LogP contribution is -2.55. The van der Waals surface area contributed by atoms with Crippen molar-refractivity contribution < 1.29 is 42.8 Å². The van der Waals surface area contributed by atoms with Crippen LogP contribution in [-0.4, -0.2) is 62.8 Å². The summed E-state index contributed by atoms with van der Waals surface area (Å²) in [6, 6.07) is 9.43. The van der Waals surface area contributed by atoms with Crippen molar-refractivity contribution in [2.45, 2.75) is 79.7 Å². The van der Waals surface area contributed by atoms with Crippen molar-refractivity contribution in [2.75, 3.05) is 20.3 Å². The number of benzene rings is 1. The molecule has 1 aromatic rings. The number of methoxy groups -OCH3 is 1. The summed E-state index contributed by atoms with van der Waals surface area (Å²) < 4.78 is 34.4. The van der Waals surface area contributed by atoms with Gasteiger partial charge in [-0.3, -0.25) is 9.59 Å². The molecule has 0 N–H and O–H groups in total. The molecule has 0 saturated carbocycles. The summed E-state index contributed by atoms with van der Waals surface area (Å²) in [5.41, 5.74) is -0.390. The maximum absolute atomic E-state index is 12.9. The molecule has 0 unspecified atom stereocenters. The lowest BCUT2D eigenvalue weighted by molar-refractivity contribution is -0.257. The Hall–Kier alpha value is -2.75. The first-order chi connectivity index (χ1) is 17.3. The minimum atomic E-state index is -1.10. The van der Waals surface area contributed by atoms with Crippen LogP contribution in [0.3, 0.4) is 0 Å². The fourth-order valence-electron chi connectivity index (χ4n) is 3.39. The van der Waals surface area contributed by atoms with E-state index in [-0.39, 0.29) is 19.8 Å². The van der Waals surface area contributed by atoms with E-state index in [2.05, 4.69) is 0 Å². The molecule has 0 amide bonds. The predicted molar refractivity (Wildman–Crippen MR) is 135 cm³/mol. The molecule has 1 aliphatic heterocycles. The third-order valence-electron chi connectivity index (χ3n) is 5.46. The van der Waals surface area contributed by atoms with E-state index in [0.717, 1.165) is 5.56 Å². The Bertz CT molecular complexity index is 941. The SMILES string of the molecule is CCOC(=O)/C=C1/[C@@H](OC(=O)C(C)(C)C)[C@@H](OC)O[C@H](COC(=O)C(C)(C)C)[C@H]1OCc1ccccc1. The van der Waals surface area contributed by atoms with E-state index < -0.39 is 53.3 Å². The van der Waals surface area contributed by atoms with Crippen LogP contribution in [-0.2, 0) is 49.4 Å². The van der Waals surface area contributed by atoms with E-state index in [0.29, 0.717) is 5.57 Å². The zero-order valence-corrected chi connectivity index (χ0v) is 23.1. The lowest BCUT2D eigenvalue weighted by Gasteiger charge is -2.42. The molecule has 0 radical (unpaired) electrons. The number of carbonyl (C=O) groups excluding carboxylic acids is 3. The lowest BCUT2D eigenvalue weighted by atomic mass is 9.93. The molecule has 0 aliphatic carbocycles. The Morgan fingerprint density at radius 3 is 2.08 bits per heavy atom. The van der Waals surface area contributed by atoms with Crippen molar-refractivity contribution >= 4 is 17.9 Å². The van der Waals surface area contributed by atoms with Crippen molar-refractivity contribution in [3.05, 3.63) is 47.5 Å². The standard InChI is InChI=1S/C28H40O9/c1-9-33-21(29)15-19-22(34-16-18-13-11-10-12-14-18)20(17-35-25(30)27(2,3)4)36-24(32-8)23(19)37-26(31)28(5,6)7/h10-15,20,22-24H,9,16-17H2,1-8H3/b19-15+/t20-,22+,23-,24+/m1/s1. The minimum Gasteiger partial charge on any atom is -0.463 e. The maximum Gasteiger partial charge on any atom is 0.330 e. The first-order valence-corrected chi connectivity index (χ1v) is 12.4. The average molecular weight is 521 g/mol. The van der Waals surface area contributed by atoms with Crippen LogP contribution in [0, 0.1) is 10.8 Å². The van der Waals surface area contributed by atoms with E-state index in [9.17, 15) is 14.4 Å². The van der Waals surface area contributed by atoms with Crippen LogP contribution < -0.4 is 0 Å². The second-order valence-corrected chi connectivity index (χ2v) is 10.8. The summed E-state index contributed by atoms with van der Waals surface area (Å²) in [6.07, 6.45) is -2.71. The number of hydrogen-bond acceptors (Lipinski definition) is 9. The summed E-state index contributed by atoms with van der Waals surface area (Å²) in [4.78, 5) is 38.0. The van der Waals surface area contributed by atoms with Gasteiger partial charge in [-0.2, -0.15) is 0 Å². The summed E-state index contributed by atoms with van der Waals surface area (Å²) >= 11 is 0. The Labute approximate surface area is 219 Å². The van der Waals surface area contributed by atoms with Gasteiger partial charge in [0.05, 0.1) is 24.0 Å². The molecule has 9 heteroatoms. The third kappa shape index (κ3) is 8.94. The van der Waals surface area contributed by atoms with Gasteiger partial charge in [0, 0.05) is 18.8 Å². The van der Waals surface area contributed by atoms with Crippen LogP contribution in [0.5, 0.6) is 0 Å². The van der Waals surface area contributed by atoms with Crippen LogP contribution in [0.15, 0.2) is 42.0 Å². The molecule has 0 bridgehead atoms. The Kier molecular flexibility index (Phi) is 10.8. The van der Waals surface area contributed by atoms with Crippen molar-refractivity contribution in [3.8, 4) is 0 Å². The van der Waals surface area contributed by atoms with Gasteiger partial charge in [0.1, 0.15) is 18.8 Å². The molecule has 1 aliphatic rings. The van der Waals surface area contributed by atoms with Gasteiger partial charge in [0.15, 0.2) is 12.4 Å². The highest BCUT2D eigenvalue weighted by molar-refractivity contribution is 5.83. The van der Waals surface area contributed by atoms with Crippen LogP contribution >= 0.6 is 0 Å². The molecule has 0 aromatic heterocycles. The van der Waals surface area contributed by atoms with Crippen LogP contribution in [0.25, 0.3) is 0 Å². The molecule has 4 atom stereocenters. The van der Waals surface area contributed by atoms with Gasteiger partial charge in [-0.05, 0) is 54.0 Å². The van der Waals surface area contributed by atoms with Crippen molar-refractivity contribution in [1.29, 1.82) is 0 Å². The summed E-state index contributed by atoms with van der Waals surface area (Å²) in [5.74, 6) is -1.58. The second kappa shape index (κ2) is 13.2. The number of ether oxygens (including phenoxy) is 6. The highest BCUT2D eigenvalue weighted by atomic mass is 16.7. The van der Waals surface area contributed by atoms with Gasteiger partial charge in [-0.15, -0.1) is 0 Å². The van der Waals surface area contributed by atoms with Crippen LogP contribution in [0.4, 0.5) is 0 Å². The molecular weight excluding hydrogens is 480 g/mol. The topological polar surface area (TPSA) is 107 Å². The number of rotatable bonds is 9. The summed E-state index contributed by atoms with van der Waals surface area (Å²) in [6.45, 7) is 12.2. The molecule has 1 fully saturated rings. The molecule has 2 rings (SSSR count). The van der Waals surface area contributed by atoms with E-state index in [4.69, 9.17) is 28.4 Å². The summed E-state index contributed by atoms with van der Waals surface area (Å²) in [7, 11) is 1.40. The van der Waals surface area contributed by atoms with Gasteiger partial charge < -0.3 is 28.4 Å². The average Bonchev–Trinajstić information content (AvgIpc) is 2.82. The van der Waals surface area contributed by atoms with E-state index in [1.54, 1.807) is 48.5 Å². The zero-order chi connectivity index (χ0) is 27.8. The molecule has 37 heavy (non-hydrogen) atoms. The first-order valence-electron chi connectivity index (χ1n) is 12.4. The van der Waals surface area contributed by atoms with Crippen molar-refractivity contribution in [2.24, 2.45) is 10.8 Å². The normalized spacial score (nSPS) is 23.4. The third-order valence-corrected chi connectivity index (χ3v) is 5.46. The summed E-state index contributed by atoms with van der Waals surface area (Å²) in [5, 5.41) is 0. The van der Waals surface area contributed by atoms with Gasteiger partial charge in [-0.1, -0.05) is 30.3 Å². The van der Waals surface area contributed by atoms with Crippen LogP contribution in [0.1, 0.15) is 54.0 Å².